The maximum absolute atomic E-state index is 13.0. The van der Waals surface area contributed by atoms with Gasteiger partial charge in [-0.2, -0.15) is 4.98 Å². The van der Waals surface area contributed by atoms with E-state index in [2.05, 4.69) is 15.1 Å². The van der Waals surface area contributed by atoms with Crippen molar-refractivity contribution in [3.8, 4) is 11.4 Å². The van der Waals surface area contributed by atoms with Gasteiger partial charge in [0, 0.05) is 37.8 Å². The SMILES string of the molecule is CC(c1ccc(F)cc1)N(C)C(=O)CCc1nc(-c2ccncc2)no1. The molecule has 3 rings (SSSR count). The van der Waals surface area contributed by atoms with Gasteiger partial charge in [0.05, 0.1) is 6.04 Å². The highest BCUT2D eigenvalue weighted by Crippen LogP contribution is 2.20. The third kappa shape index (κ3) is 4.11. The average molecular weight is 354 g/mol. The molecular formula is C19H19FN4O2. The summed E-state index contributed by atoms with van der Waals surface area (Å²) >= 11 is 0. The van der Waals surface area contributed by atoms with Crippen LogP contribution in [0, 0.1) is 5.82 Å². The third-order valence-corrected chi connectivity index (χ3v) is 4.29. The molecule has 3 aromatic rings. The van der Waals surface area contributed by atoms with Crippen LogP contribution in [0.5, 0.6) is 0 Å². The molecule has 1 unspecified atom stereocenters. The summed E-state index contributed by atoms with van der Waals surface area (Å²) in [6.07, 6.45) is 3.92. The normalized spacial score (nSPS) is 12.0. The fraction of sp³-hybridized carbons (Fsp3) is 0.263. The summed E-state index contributed by atoms with van der Waals surface area (Å²) in [5.41, 5.74) is 1.68. The first kappa shape index (κ1) is 17.7. The second-order valence-corrected chi connectivity index (χ2v) is 5.98. The number of pyridine rings is 1. The fourth-order valence-corrected chi connectivity index (χ4v) is 2.55. The zero-order valence-corrected chi connectivity index (χ0v) is 14.6. The Kier molecular flexibility index (Phi) is 5.36. The van der Waals surface area contributed by atoms with E-state index in [0.717, 1.165) is 11.1 Å². The van der Waals surface area contributed by atoms with Crippen LogP contribution in [0.25, 0.3) is 11.4 Å². The summed E-state index contributed by atoms with van der Waals surface area (Å²) in [4.78, 5) is 22.3. The Balaban J connectivity index is 1.58. The Morgan fingerprint density at radius 1 is 1.19 bits per heavy atom. The van der Waals surface area contributed by atoms with Crippen LogP contribution in [-0.4, -0.2) is 33.0 Å². The number of nitrogens with zero attached hydrogens (tertiary/aromatic N) is 4. The molecule has 1 amide bonds. The number of carbonyl (C=O) groups excluding carboxylic acids is 1. The van der Waals surface area contributed by atoms with Crippen LogP contribution in [0.4, 0.5) is 4.39 Å². The molecule has 0 N–H and O–H groups in total. The van der Waals surface area contributed by atoms with E-state index in [1.54, 1.807) is 48.6 Å². The van der Waals surface area contributed by atoms with Crippen LogP contribution in [0.1, 0.15) is 30.8 Å². The Hall–Kier alpha value is -3.09. The highest BCUT2D eigenvalue weighted by molar-refractivity contribution is 5.76. The number of halogens is 1. The number of hydrogen-bond acceptors (Lipinski definition) is 5. The van der Waals surface area contributed by atoms with Crippen LogP contribution in [0.15, 0.2) is 53.3 Å². The van der Waals surface area contributed by atoms with E-state index in [1.165, 1.54) is 12.1 Å². The molecule has 0 radical (unpaired) electrons. The lowest BCUT2D eigenvalue weighted by Gasteiger charge is -2.25. The number of hydrogen-bond donors (Lipinski definition) is 0. The smallest absolute Gasteiger partial charge is 0.227 e. The van der Waals surface area contributed by atoms with Gasteiger partial charge in [0.2, 0.25) is 17.6 Å². The van der Waals surface area contributed by atoms with Crippen LogP contribution >= 0.6 is 0 Å². The standard InChI is InChI=1S/C19H19FN4O2/c1-13(14-3-5-16(20)6-4-14)24(2)18(25)8-7-17-22-19(23-26-17)15-9-11-21-12-10-15/h3-6,9-13H,7-8H2,1-2H3. The van der Waals surface area contributed by atoms with E-state index < -0.39 is 0 Å². The van der Waals surface area contributed by atoms with Crippen molar-refractivity contribution in [2.75, 3.05) is 7.05 Å². The molecule has 0 spiro atoms. The number of amides is 1. The van der Waals surface area contributed by atoms with Gasteiger partial charge in [0.15, 0.2) is 0 Å². The molecule has 0 bridgehead atoms. The molecule has 0 aliphatic carbocycles. The molecule has 0 fully saturated rings. The number of aromatic nitrogens is 3. The van der Waals surface area contributed by atoms with Gasteiger partial charge in [-0.05, 0) is 36.8 Å². The van der Waals surface area contributed by atoms with Crippen LogP contribution in [0.2, 0.25) is 0 Å². The predicted octanol–water partition coefficient (Wildman–Crippen LogP) is 3.42. The van der Waals surface area contributed by atoms with Crippen molar-refractivity contribution in [1.82, 2.24) is 20.0 Å². The van der Waals surface area contributed by atoms with E-state index in [1.807, 2.05) is 6.92 Å². The van der Waals surface area contributed by atoms with E-state index >= 15 is 0 Å². The van der Waals surface area contributed by atoms with Gasteiger partial charge in [-0.3, -0.25) is 9.78 Å². The molecule has 26 heavy (non-hydrogen) atoms. The maximum Gasteiger partial charge on any atom is 0.227 e. The fourth-order valence-electron chi connectivity index (χ4n) is 2.55. The molecule has 0 saturated carbocycles. The van der Waals surface area contributed by atoms with Crippen molar-refractivity contribution < 1.29 is 13.7 Å². The Labute approximate surface area is 150 Å². The zero-order valence-electron chi connectivity index (χ0n) is 14.6. The summed E-state index contributed by atoms with van der Waals surface area (Å²) in [6.45, 7) is 1.90. The summed E-state index contributed by atoms with van der Waals surface area (Å²) in [6, 6.07) is 9.58. The molecule has 6 nitrogen and oxygen atoms in total. The minimum absolute atomic E-state index is 0.0505. The highest BCUT2D eigenvalue weighted by Gasteiger charge is 2.18. The summed E-state index contributed by atoms with van der Waals surface area (Å²) in [5.74, 6) is 0.540. The number of benzene rings is 1. The molecule has 134 valence electrons. The lowest BCUT2D eigenvalue weighted by atomic mass is 10.1. The zero-order chi connectivity index (χ0) is 18.5. The maximum atomic E-state index is 13.0. The Bertz CT molecular complexity index is 865. The Morgan fingerprint density at radius 3 is 2.58 bits per heavy atom. The van der Waals surface area contributed by atoms with Gasteiger partial charge in [-0.25, -0.2) is 4.39 Å². The molecule has 2 heterocycles. The molecule has 0 aliphatic heterocycles. The second-order valence-electron chi connectivity index (χ2n) is 5.98. The quantitative estimate of drug-likeness (QED) is 0.678. The van der Waals surface area contributed by atoms with E-state index in [4.69, 9.17) is 4.52 Å². The van der Waals surface area contributed by atoms with Crippen LogP contribution < -0.4 is 0 Å². The monoisotopic (exact) mass is 354 g/mol. The first-order valence-corrected chi connectivity index (χ1v) is 8.28. The predicted molar refractivity (Wildman–Crippen MR) is 93.4 cm³/mol. The molecule has 0 aliphatic rings. The second kappa shape index (κ2) is 7.86. The van der Waals surface area contributed by atoms with Crippen LogP contribution in [0.3, 0.4) is 0 Å². The van der Waals surface area contributed by atoms with Gasteiger partial charge in [0.25, 0.3) is 0 Å². The van der Waals surface area contributed by atoms with Gasteiger partial charge >= 0.3 is 0 Å². The van der Waals surface area contributed by atoms with Crippen molar-refractivity contribution >= 4 is 5.91 Å². The largest absolute Gasteiger partial charge is 0.339 e. The first-order valence-electron chi connectivity index (χ1n) is 8.28. The molecule has 1 aromatic carbocycles. The van der Waals surface area contributed by atoms with Gasteiger partial charge in [-0.1, -0.05) is 17.3 Å². The summed E-state index contributed by atoms with van der Waals surface area (Å²) < 4.78 is 18.2. The topological polar surface area (TPSA) is 72.1 Å². The molecule has 1 atom stereocenters. The molecule has 0 saturated heterocycles. The summed E-state index contributed by atoms with van der Waals surface area (Å²) in [5, 5.41) is 3.93. The van der Waals surface area contributed by atoms with Crippen LogP contribution in [-0.2, 0) is 11.2 Å². The van der Waals surface area contributed by atoms with E-state index in [-0.39, 0.29) is 24.2 Å². The van der Waals surface area contributed by atoms with Gasteiger partial charge < -0.3 is 9.42 Å². The van der Waals surface area contributed by atoms with E-state index in [0.29, 0.717) is 18.1 Å². The molecule has 2 aromatic heterocycles. The number of aryl methyl sites for hydroxylation is 1. The molecule has 7 heteroatoms. The van der Waals surface area contributed by atoms with Crippen molar-refractivity contribution in [3.63, 3.8) is 0 Å². The first-order chi connectivity index (χ1) is 12.5. The summed E-state index contributed by atoms with van der Waals surface area (Å²) in [7, 11) is 1.73. The van der Waals surface area contributed by atoms with Crippen molar-refractivity contribution in [2.24, 2.45) is 0 Å². The van der Waals surface area contributed by atoms with Crippen molar-refractivity contribution in [3.05, 3.63) is 66.1 Å². The lowest BCUT2D eigenvalue weighted by Crippen LogP contribution is -2.29. The molecular weight excluding hydrogens is 335 g/mol. The minimum atomic E-state index is -0.295. The number of rotatable bonds is 6. The Morgan fingerprint density at radius 2 is 1.88 bits per heavy atom. The lowest BCUT2D eigenvalue weighted by molar-refractivity contribution is -0.131. The minimum Gasteiger partial charge on any atom is -0.339 e. The highest BCUT2D eigenvalue weighted by atomic mass is 19.1. The van der Waals surface area contributed by atoms with Gasteiger partial charge in [0.1, 0.15) is 5.82 Å². The van der Waals surface area contributed by atoms with Gasteiger partial charge in [-0.15, -0.1) is 0 Å². The van der Waals surface area contributed by atoms with Crippen molar-refractivity contribution in [1.29, 1.82) is 0 Å². The van der Waals surface area contributed by atoms with E-state index in [9.17, 15) is 9.18 Å². The third-order valence-electron chi connectivity index (χ3n) is 4.29. The average Bonchev–Trinajstić information content (AvgIpc) is 3.15. The van der Waals surface area contributed by atoms with Crippen molar-refractivity contribution in [2.45, 2.75) is 25.8 Å². The number of carbonyl (C=O) groups is 1.